The van der Waals surface area contributed by atoms with Crippen molar-refractivity contribution in [1.29, 1.82) is 0 Å². The number of piperidine rings is 1. The van der Waals surface area contributed by atoms with Crippen LogP contribution < -0.4 is 4.74 Å². The molecule has 4 aromatic rings. The number of aromatic nitrogens is 4. The number of hydrogen-bond donors (Lipinski definition) is 0. The van der Waals surface area contributed by atoms with Crippen LogP contribution in [0.5, 0.6) is 5.88 Å². The zero-order valence-electron chi connectivity index (χ0n) is 18.7. The SMILES string of the molecule is Cn1c(CN2CCC(c3cccc(OCc4ccc(Cl)cc4F)n3)CC2)nc2ccc(Cl)nc21. The minimum atomic E-state index is -0.379. The predicted octanol–water partition coefficient (Wildman–Crippen LogP) is 5.77. The lowest BCUT2D eigenvalue weighted by molar-refractivity contribution is 0.197. The fourth-order valence-corrected chi connectivity index (χ4v) is 4.65. The van der Waals surface area contributed by atoms with Gasteiger partial charge in [0.25, 0.3) is 0 Å². The Morgan fingerprint density at radius 1 is 1.03 bits per heavy atom. The minimum absolute atomic E-state index is 0.107. The first kappa shape index (κ1) is 23.0. The number of imidazole rings is 1. The van der Waals surface area contributed by atoms with E-state index >= 15 is 0 Å². The lowest BCUT2D eigenvalue weighted by Gasteiger charge is -2.31. The van der Waals surface area contributed by atoms with E-state index in [9.17, 15) is 4.39 Å². The van der Waals surface area contributed by atoms with Crippen LogP contribution in [0.4, 0.5) is 4.39 Å². The maximum Gasteiger partial charge on any atom is 0.213 e. The van der Waals surface area contributed by atoms with Crippen molar-refractivity contribution in [1.82, 2.24) is 24.4 Å². The second-order valence-corrected chi connectivity index (χ2v) is 9.36. The molecule has 1 aliphatic heterocycles. The van der Waals surface area contributed by atoms with E-state index in [0.717, 1.165) is 55.2 Å². The van der Waals surface area contributed by atoms with E-state index in [0.29, 0.717) is 27.5 Å². The van der Waals surface area contributed by atoms with Crippen molar-refractivity contribution >= 4 is 34.4 Å². The fraction of sp³-hybridized carbons (Fsp3) is 0.320. The summed E-state index contributed by atoms with van der Waals surface area (Å²) in [7, 11) is 1.98. The molecule has 0 spiro atoms. The Bertz CT molecular complexity index is 1320. The summed E-state index contributed by atoms with van der Waals surface area (Å²) >= 11 is 11.9. The van der Waals surface area contributed by atoms with Crippen LogP contribution in [0, 0.1) is 5.82 Å². The first-order chi connectivity index (χ1) is 16.5. The maximum absolute atomic E-state index is 14.0. The molecule has 5 rings (SSSR count). The third kappa shape index (κ3) is 5.02. The van der Waals surface area contributed by atoms with Crippen LogP contribution >= 0.6 is 23.2 Å². The highest BCUT2D eigenvalue weighted by molar-refractivity contribution is 6.30. The number of likely N-dealkylation sites (tertiary alicyclic amines) is 1. The number of halogens is 3. The molecule has 0 bridgehead atoms. The van der Waals surface area contributed by atoms with Gasteiger partial charge in [0.2, 0.25) is 5.88 Å². The quantitative estimate of drug-likeness (QED) is 0.315. The third-order valence-electron chi connectivity index (χ3n) is 6.28. The molecule has 0 unspecified atom stereocenters. The van der Waals surface area contributed by atoms with E-state index in [1.807, 2.05) is 29.8 Å². The molecule has 3 aromatic heterocycles. The van der Waals surface area contributed by atoms with E-state index in [-0.39, 0.29) is 12.4 Å². The van der Waals surface area contributed by atoms with Crippen LogP contribution in [0.2, 0.25) is 10.2 Å². The van der Waals surface area contributed by atoms with Gasteiger partial charge in [-0.25, -0.2) is 19.3 Å². The maximum atomic E-state index is 14.0. The molecule has 0 atom stereocenters. The van der Waals surface area contributed by atoms with Crippen LogP contribution in [0.3, 0.4) is 0 Å². The third-order valence-corrected chi connectivity index (χ3v) is 6.73. The van der Waals surface area contributed by atoms with Gasteiger partial charge in [0.15, 0.2) is 5.65 Å². The molecule has 0 N–H and O–H groups in total. The van der Waals surface area contributed by atoms with Gasteiger partial charge >= 0.3 is 0 Å². The van der Waals surface area contributed by atoms with Crippen LogP contribution in [-0.4, -0.2) is 37.5 Å². The summed E-state index contributed by atoms with van der Waals surface area (Å²) in [5.74, 6) is 1.45. The Labute approximate surface area is 207 Å². The van der Waals surface area contributed by atoms with Gasteiger partial charge in [0.1, 0.15) is 28.9 Å². The molecule has 0 amide bonds. The highest BCUT2D eigenvalue weighted by atomic mass is 35.5. The highest BCUT2D eigenvalue weighted by Gasteiger charge is 2.23. The van der Waals surface area contributed by atoms with Crippen LogP contribution in [0.25, 0.3) is 11.2 Å². The Kier molecular flexibility index (Phi) is 6.68. The first-order valence-electron chi connectivity index (χ1n) is 11.2. The summed E-state index contributed by atoms with van der Waals surface area (Å²) in [6.45, 7) is 2.77. The van der Waals surface area contributed by atoms with Gasteiger partial charge < -0.3 is 9.30 Å². The van der Waals surface area contributed by atoms with Crippen LogP contribution in [0.15, 0.2) is 48.5 Å². The zero-order valence-corrected chi connectivity index (χ0v) is 20.2. The van der Waals surface area contributed by atoms with Gasteiger partial charge in [-0.2, -0.15) is 0 Å². The Morgan fingerprint density at radius 2 is 1.85 bits per heavy atom. The zero-order chi connectivity index (χ0) is 23.7. The van der Waals surface area contributed by atoms with Gasteiger partial charge in [-0.05, 0) is 56.3 Å². The summed E-state index contributed by atoms with van der Waals surface area (Å²) in [5.41, 5.74) is 3.12. The molecule has 1 aromatic carbocycles. The molecule has 9 heteroatoms. The number of hydrogen-bond acceptors (Lipinski definition) is 5. The van der Waals surface area contributed by atoms with Crippen molar-refractivity contribution < 1.29 is 9.13 Å². The molecular formula is C25H24Cl2FN5O. The van der Waals surface area contributed by atoms with Crippen LogP contribution in [0.1, 0.15) is 35.8 Å². The normalized spacial score (nSPS) is 15.2. The van der Waals surface area contributed by atoms with Crippen molar-refractivity contribution in [3.05, 3.63) is 81.6 Å². The standard InChI is InChI=1S/C25H24Cl2FN5O/c1-32-23(29-21-7-8-22(27)31-25(21)32)14-33-11-9-16(10-12-33)20-3-2-4-24(30-20)34-15-17-5-6-18(26)13-19(17)28/h2-8,13,16H,9-12,14-15H2,1H3. The van der Waals surface area contributed by atoms with Crippen molar-refractivity contribution in [3.8, 4) is 5.88 Å². The largest absolute Gasteiger partial charge is 0.473 e. The minimum Gasteiger partial charge on any atom is -0.473 e. The van der Waals surface area contributed by atoms with Crippen molar-refractivity contribution in [2.24, 2.45) is 7.05 Å². The molecule has 4 heterocycles. The first-order valence-corrected chi connectivity index (χ1v) is 12.0. The Balaban J connectivity index is 1.19. The van der Waals surface area contributed by atoms with Crippen molar-refractivity contribution in [2.75, 3.05) is 13.1 Å². The topological polar surface area (TPSA) is 56.1 Å². The lowest BCUT2D eigenvalue weighted by atomic mass is 9.93. The van der Waals surface area contributed by atoms with E-state index < -0.39 is 0 Å². The molecule has 1 aliphatic rings. The Morgan fingerprint density at radius 3 is 2.65 bits per heavy atom. The van der Waals surface area contributed by atoms with Gasteiger partial charge in [-0.15, -0.1) is 0 Å². The molecule has 1 fully saturated rings. The van der Waals surface area contributed by atoms with E-state index in [4.69, 9.17) is 37.9 Å². The average Bonchev–Trinajstić information content (AvgIpc) is 3.14. The molecule has 0 aliphatic carbocycles. The average molecular weight is 500 g/mol. The number of rotatable bonds is 6. The van der Waals surface area contributed by atoms with Gasteiger partial charge in [-0.3, -0.25) is 4.90 Å². The molecule has 176 valence electrons. The van der Waals surface area contributed by atoms with E-state index in [2.05, 4.69) is 9.88 Å². The second kappa shape index (κ2) is 9.86. The molecular weight excluding hydrogens is 476 g/mol. The number of fused-ring (bicyclic) bond motifs is 1. The predicted molar refractivity (Wildman–Crippen MR) is 131 cm³/mol. The summed E-state index contributed by atoms with van der Waals surface area (Å²) in [6, 6.07) is 14.0. The van der Waals surface area contributed by atoms with Crippen molar-refractivity contribution in [2.45, 2.75) is 31.9 Å². The molecule has 34 heavy (non-hydrogen) atoms. The summed E-state index contributed by atoms with van der Waals surface area (Å²) < 4.78 is 21.8. The van der Waals surface area contributed by atoms with E-state index in [1.54, 1.807) is 24.3 Å². The summed E-state index contributed by atoms with van der Waals surface area (Å²) in [6.07, 6.45) is 1.99. The van der Waals surface area contributed by atoms with Gasteiger partial charge in [-0.1, -0.05) is 35.3 Å². The number of aryl methyl sites for hydroxylation is 1. The van der Waals surface area contributed by atoms with E-state index in [1.165, 1.54) is 6.07 Å². The highest BCUT2D eigenvalue weighted by Crippen LogP contribution is 2.29. The molecule has 1 saturated heterocycles. The fourth-order valence-electron chi connectivity index (χ4n) is 4.35. The summed E-state index contributed by atoms with van der Waals surface area (Å²) in [4.78, 5) is 16.2. The number of nitrogens with zero attached hydrogens (tertiary/aromatic N) is 5. The van der Waals surface area contributed by atoms with Gasteiger partial charge in [0, 0.05) is 35.3 Å². The second-order valence-electron chi connectivity index (χ2n) is 8.54. The number of benzene rings is 1. The summed E-state index contributed by atoms with van der Waals surface area (Å²) in [5, 5.41) is 0.838. The van der Waals surface area contributed by atoms with Crippen molar-refractivity contribution in [3.63, 3.8) is 0 Å². The lowest BCUT2D eigenvalue weighted by Crippen LogP contribution is -2.33. The number of ether oxygens (including phenoxy) is 1. The number of pyridine rings is 2. The molecule has 6 nitrogen and oxygen atoms in total. The monoisotopic (exact) mass is 499 g/mol. The molecule has 0 radical (unpaired) electrons. The smallest absolute Gasteiger partial charge is 0.213 e. The Hall–Kier alpha value is -2.74. The van der Waals surface area contributed by atoms with Crippen LogP contribution in [-0.2, 0) is 20.2 Å². The van der Waals surface area contributed by atoms with Gasteiger partial charge in [0.05, 0.1) is 6.54 Å². The molecule has 0 saturated carbocycles.